The van der Waals surface area contributed by atoms with Gasteiger partial charge in [0.2, 0.25) is 5.91 Å². The average molecular weight is 494 g/mol. The molecule has 8 heteroatoms. The Labute approximate surface area is 205 Å². The number of hydrogen-bond donors (Lipinski definition) is 1. The lowest BCUT2D eigenvalue weighted by Crippen LogP contribution is -2.72. The number of benzene rings is 1. The highest BCUT2D eigenvalue weighted by Crippen LogP contribution is 2.51. The minimum Gasteiger partial charge on any atom is -0.497 e. The fraction of sp³-hybridized carbons (Fsp3) is 0.692. The van der Waals surface area contributed by atoms with Crippen LogP contribution in [0.1, 0.15) is 54.0 Å². The van der Waals surface area contributed by atoms with Gasteiger partial charge in [0.15, 0.2) is 13.9 Å². The zero-order valence-corrected chi connectivity index (χ0v) is 23.7. The molecule has 1 aliphatic heterocycles. The van der Waals surface area contributed by atoms with Gasteiger partial charge < -0.3 is 23.9 Å². The van der Waals surface area contributed by atoms with Crippen molar-refractivity contribution >= 4 is 20.2 Å². The standard InChI is InChI=1S/C26H43NO6Si/c1-17(2)21(33-34(10,11)24(4,5)6)26(23(29)32-9)25(7,30)18(3)22(28)27(26)16-19-12-14-20(31-8)15-13-19/h12-15,17-18,21,30H,16H2,1-11H3/t18-,21+,25+,26+/m1/s1. The van der Waals surface area contributed by atoms with Crippen molar-refractivity contribution in [2.24, 2.45) is 11.8 Å². The summed E-state index contributed by atoms with van der Waals surface area (Å²) < 4.78 is 17.5. The third-order valence-corrected chi connectivity index (χ3v) is 12.4. The van der Waals surface area contributed by atoms with Crippen LogP contribution in [0.5, 0.6) is 5.75 Å². The summed E-state index contributed by atoms with van der Waals surface area (Å²) in [6, 6.07) is 7.32. The molecule has 4 atom stereocenters. The fourth-order valence-corrected chi connectivity index (χ4v) is 6.03. The molecule has 1 heterocycles. The van der Waals surface area contributed by atoms with Crippen molar-refractivity contribution in [2.45, 2.75) is 90.4 Å². The van der Waals surface area contributed by atoms with E-state index in [0.717, 1.165) is 5.56 Å². The van der Waals surface area contributed by atoms with Gasteiger partial charge in [0.05, 0.1) is 26.2 Å². The third kappa shape index (κ3) is 4.52. The Morgan fingerprint density at radius 1 is 1.18 bits per heavy atom. The molecule has 192 valence electrons. The zero-order valence-electron chi connectivity index (χ0n) is 22.7. The molecule has 1 fully saturated rings. The van der Waals surface area contributed by atoms with Crippen molar-refractivity contribution in [1.82, 2.24) is 4.90 Å². The maximum absolute atomic E-state index is 13.8. The molecule has 1 aromatic rings. The van der Waals surface area contributed by atoms with E-state index in [1.807, 2.05) is 38.1 Å². The number of nitrogens with zero attached hydrogens (tertiary/aromatic N) is 1. The fourth-order valence-electron chi connectivity index (χ4n) is 4.60. The number of carbonyl (C=O) groups is 2. The van der Waals surface area contributed by atoms with Crippen LogP contribution in [-0.2, 0) is 25.3 Å². The summed E-state index contributed by atoms with van der Waals surface area (Å²) in [5, 5.41) is 11.8. The average Bonchev–Trinajstić information content (AvgIpc) is 2.89. The molecule has 0 radical (unpaired) electrons. The van der Waals surface area contributed by atoms with Gasteiger partial charge >= 0.3 is 5.97 Å². The number of amides is 1. The maximum Gasteiger partial charge on any atom is 0.337 e. The molecule has 0 bridgehead atoms. The first kappa shape index (κ1) is 28.3. The highest BCUT2D eigenvalue weighted by Gasteiger charge is 2.73. The summed E-state index contributed by atoms with van der Waals surface area (Å²) in [6.45, 7) is 17.8. The SMILES string of the molecule is COC(=O)[C@]1([C@@H](O[Si](C)(C)C(C)(C)C)C(C)C)N(Cc2ccc(OC)cc2)C(=O)[C@@H](C)[C@]1(C)O. The lowest BCUT2D eigenvalue weighted by atomic mass is 9.70. The van der Waals surface area contributed by atoms with E-state index < -0.39 is 37.4 Å². The van der Waals surface area contributed by atoms with Gasteiger partial charge in [0.1, 0.15) is 11.4 Å². The van der Waals surface area contributed by atoms with Crippen LogP contribution in [0.2, 0.25) is 18.1 Å². The smallest absolute Gasteiger partial charge is 0.337 e. The van der Waals surface area contributed by atoms with Crippen molar-refractivity contribution in [3.05, 3.63) is 29.8 Å². The van der Waals surface area contributed by atoms with Crippen LogP contribution in [0.3, 0.4) is 0 Å². The summed E-state index contributed by atoms with van der Waals surface area (Å²) >= 11 is 0. The molecular formula is C26H43NO6Si. The highest BCUT2D eigenvalue weighted by atomic mass is 28.4. The van der Waals surface area contributed by atoms with Gasteiger partial charge in [-0.25, -0.2) is 4.79 Å². The third-order valence-electron chi connectivity index (χ3n) is 7.92. The van der Waals surface area contributed by atoms with E-state index in [4.69, 9.17) is 13.9 Å². The minimum absolute atomic E-state index is 0.127. The van der Waals surface area contributed by atoms with E-state index in [1.54, 1.807) is 21.0 Å². The van der Waals surface area contributed by atoms with Crippen LogP contribution < -0.4 is 4.74 Å². The molecule has 1 aromatic carbocycles. The summed E-state index contributed by atoms with van der Waals surface area (Å²) in [5.41, 5.74) is -2.63. The molecular weight excluding hydrogens is 450 g/mol. The number of methoxy groups -OCH3 is 2. The lowest BCUT2D eigenvalue weighted by Gasteiger charge is -2.52. The second-order valence-corrected chi connectivity index (χ2v) is 16.2. The predicted molar refractivity (Wildman–Crippen MR) is 135 cm³/mol. The lowest BCUT2D eigenvalue weighted by molar-refractivity contribution is -0.188. The normalized spacial score (nSPS) is 26.7. The van der Waals surface area contributed by atoms with Gasteiger partial charge in [0, 0.05) is 6.54 Å². The highest BCUT2D eigenvalue weighted by molar-refractivity contribution is 6.74. The molecule has 1 amide bonds. The summed E-state index contributed by atoms with van der Waals surface area (Å²) in [4.78, 5) is 28.9. The van der Waals surface area contributed by atoms with Gasteiger partial charge in [-0.15, -0.1) is 0 Å². The minimum atomic E-state index is -2.42. The van der Waals surface area contributed by atoms with Crippen LogP contribution in [0.4, 0.5) is 0 Å². The van der Waals surface area contributed by atoms with E-state index in [2.05, 4.69) is 33.9 Å². The van der Waals surface area contributed by atoms with Crippen molar-refractivity contribution in [2.75, 3.05) is 14.2 Å². The molecule has 0 saturated carbocycles. The number of esters is 1. The first-order valence-electron chi connectivity index (χ1n) is 11.9. The number of hydrogen-bond acceptors (Lipinski definition) is 6. The van der Waals surface area contributed by atoms with Crippen molar-refractivity contribution in [3.63, 3.8) is 0 Å². The molecule has 1 N–H and O–H groups in total. The molecule has 0 aliphatic carbocycles. The summed E-state index contributed by atoms with van der Waals surface area (Å²) in [5.74, 6) is -1.29. The van der Waals surface area contributed by atoms with Crippen molar-refractivity contribution < 1.29 is 28.6 Å². The predicted octanol–water partition coefficient (Wildman–Crippen LogP) is 4.38. The van der Waals surface area contributed by atoms with Gasteiger partial charge in [-0.3, -0.25) is 4.79 Å². The van der Waals surface area contributed by atoms with E-state index in [1.165, 1.54) is 12.0 Å². The van der Waals surface area contributed by atoms with Crippen LogP contribution in [0.15, 0.2) is 24.3 Å². The number of aliphatic hydroxyl groups is 1. The van der Waals surface area contributed by atoms with Crippen LogP contribution >= 0.6 is 0 Å². The van der Waals surface area contributed by atoms with E-state index in [9.17, 15) is 14.7 Å². The zero-order chi connectivity index (χ0) is 26.3. The number of rotatable bonds is 8. The molecule has 34 heavy (non-hydrogen) atoms. The Hall–Kier alpha value is -1.90. The van der Waals surface area contributed by atoms with Crippen molar-refractivity contribution in [3.8, 4) is 5.75 Å². The first-order valence-corrected chi connectivity index (χ1v) is 14.8. The molecule has 1 aliphatic rings. The topological polar surface area (TPSA) is 85.3 Å². The van der Waals surface area contributed by atoms with Crippen molar-refractivity contribution in [1.29, 1.82) is 0 Å². The Morgan fingerprint density at radius 2 is 1.71 bits per heavy atom. The number of carbonyl (C=O) groups excluding carboxylic acids is 2. The Morgan fingerprint density at radius 3 is 2.12 bits per heavy atom. The molecule has 1 saturated heterocycles. The Balaban J connectivity index is 2.77. The monoisotopic (exact) mass is 493 g/mol. The van der Waals surface area contributed by atoms with Crippen LogP contribution in [0, 0.1) is 11.8 Å². The largest absolute Gasteiger partial charge is 0.497 e. The van der Waals surface area contributed by atoms with Gasteiger partial charge in [-0.05, 0) is 48.7 Å². The molecule has 2 rings (SSSR count). The molecule has 7 nitrogen and oxygen atoms in total. The Bertz CT molecular complexity index is 890. The summed E-state index contributed by atoms with van der Waals surface area (Å²) in [6.07, 6.45) is -0.775. The molecule has 0 unspecified atom stereocenters. The second kappa shape index (κ2) is 9.63. The van der Waals surface area contributed by atoms with Gasteiger partial charge in [-0.2, -0.15) is 0 Å². The van der Waals surface area contributed by atoms with Gasteiger partial charge in [0.25, 0.3) is 0 Å². The van der Waals surface area contributed by atoms with E-state index in [0.29, 0.717) is 5.75 Å². The number of ether oxygens (including phenoxy) is 2. The van der Waals surface area contributed by atoms with E-state index in [-0.39, 0.29) is 23.4 Å². The van der Waals surface area contributed by atoms with Crippen LogP contribution in [-0.4, -0.2) is 61.7 Å². The molecule has 0 spiro atoms. The maximum atomic E-state index is 13.8. The molecule has 0 aromatic heterocycles. The first-order chi connectivity index (χ1) is 15.5. The van der Waals surface area contributed by atoms with E-state index >= 15 is 0 Å². The quantitative estimate of drug-likeness (QED) is 0.427. The Kier molecular flexibility index (Phi) is 8.02. The summed E-state index contributed by atoms with van der Waals surface area (Å²) in [7, 11) is 0.466. The second-order valence-electron chi connectivity index (χ2n) is 11.4. The number of likely N-dealkylation sites (tertiary alicyclic amines) is 1. The van der Waals surface area contributed by atoms with Gasteiger partial charge in [-0.1, -0.05) is 53.7 Å². The van der Waals surface area contributed by atoms with Crippen LogP contribution in [0.25, 0.3) is 0 Å².